The summed E-state index contributed by atoms with van der Waals surface area (Å²) in [4.78, 5) is 0. The van der Waals surface area contributed by atoms with E-state index >= 15 is 0 Å². The van der Waals surface area contributed by atoms with Gasteiger partial charge in [-0.25, -0.2) is 0 Å². The predicted molar refractivity (Wildman–Crippen MR) is 47.2 cm³/mol. The van der Waals surface area contributed by atoms with Crippen LogP contribution < -0.4 is 0 Å². The number of hydrogen-bond donors (Lipinski definition) is 0. The van der Waals surface area contributed by atoms with Crippen molar-refractivity contribution < 1.29 is 0 Å². The van der Waals surface area contributed by atoms with E-state index in [1.807, 2.05) is 0 Å². The fourth-order valence-corrected chi connectivity index (χ4v) is 3.46. The standard InChI is InChI=1S/C6H16Si2/c1-5(7)6(2)8(3)4/h8H,1-4,7H3. The summed E-state index contributed by atoms with van der Waals surface area (Å²) in [5, 5.41) is 3.38. The molecule has 48 valence electrons. The smallest absolute Gasteiger partial charge is 0.0585 e. The van der Waals surface area contributed by atoms with Gasteiger partial charge < -0.3 is 0 Å². The number of allylic oxidation sites excluding steroid dienone is 2. The van der Waals surface area contributed by atoms with E-state index in [4.69, 9.17) is 0 Å². The van der Waals surface area contributed by atoms with Crippen molar-refractivity contribution in [1.29, 1.82) is 0 Å². The van der Waals surface area contributed by atoms with Gasteiger partial charge in [0.2, 0.25) is 0 Å². The van der Waals surface area contributed by atoms with E-state index < -0.39 is 8.80 Å². The molecular weight excluding hydrogens is 128 g/mol. The second-order valence-corrected chi connectivity index (χ2v) is 7.51. The summed E-state index contributed by atoms with van der Waals surface area (Å²) < 4.78 is 0. The third kappa shape index (κ3) is 2.47. The lowest BCUT2D eigenvalue weighted by atomic mass is 10.6. The fourth-order valence-electron chi connectivity index (χ4n) is 0.577. The van der Waals surface area contributed by atoms with Gasteiger partial charge in [0.15, 0.2) is 0 Å². The van der Waals surface area contributed by atoms with Crippen molar-refractivity contribution >= 4 is 19.0 Å². The average Bonchev–Trinajstić information content (AvgIpc) is 1.64. The molecule has 8 heavy (non-hydrogen) atoms. The summed E-state index contributed by atoms with van der Waals surface area (Å²) in [6.07, 6.45) is 0. The van der Waals surface area contributed by atoms with Crippen LogP contribution in [-0.4, -0.2) is 19.0 Å². The largest absolute Gasteiger partial charge is 0.0999 e. The Bertz CT molecular complexity index is 99.1. The van der Waals surface area contributed by atoms with Gasteiger partial charge in [0, 0.05) is 10.2 Å². The molecule has 0 saturated carbocycles. The lowest BCUT2D eigenvalue weighted by molar-refractivity contribution is 1.50. The highest BCUT2D eigenvalue weighted by Gasteiger charge is 1.97. The van der Waals surface area contributed by atoms with Crippen molar-refractivity contribution in [2.24, 2.45) is 0 Å². The van der Waals surface area contributed by atoms with E-state index in [9.17, 15) is 0 Å². The van der Waals surface area contributed by atoms with Crippen LogP contribution in [0.15, 0.2) is 10.4 Å². The lowest BCUT2D eigenvalue weighted by Gasteiger charge is -2.04. The monoisotopic (exact) mass is 144 g/mol. The highest BCUT2D eigenvalue weighted by atomic mass is 28.3. The minimum absolute atomic E-state index is 0.408. The minimum atomic E-state index is -0.408. The van der Waals surface area contributed by atoms with E-state index in [1.54, 1.807) is 10.4 Å². The first kappa shape index (κ1) is 8.17. The summed E-state index contributed by atoms with van der Waals surface area (Å²) in [5.41, 5.74) is 0. The first-order valence-electron chi connectivity index (χ1n) is 3.19. The molecular formula is C6H16Si2. The molecule has 0 atom stereocenters. The van der Waals surface area contributed by atoms with Crippen LogP contribution in [0, 0.1) is 0 Å². The molecule has 0 unspecified atom stereocenters. The minimum Gasteiger partial charge on any atom is -0.0999 e. The Morgan fingerprint density at radius 3 is 1.62 bits per heavy atom. The Morgan fingerprint density at radius 1 is 1.25 bits per heavy atom. The van der Waals surface area contributed by atoms with Crippen molar-refractivity contribution in [2.45, 2.75) is 26.9 Å². The zero-order valence-electron chi connectivity index (χ0n) is 6.58. The molecule has 0 aliphatic heterocycles. The van der Waals surface area contributed by atoms with Gasteiger partial charge in [-0.3, -0.25) is 0 Å². The van der Waals surface area contributed by atoms with E-state index in [1.165, 1.54) is 10.2 Å². The maximum Gasteiger partial charge on any atom is 0.0585 e. The molecule has 0 N–H and O–H groups in total. The molecule has 0 rings (SSSR count). The molecule has 0 aliphatic carbocycles. The Balaban J connectivity index is 4.00. The van der Waals surface area contributed by atoms with Crippen molar-refractivity contribution in [1.82, 2.24) is 0 Å². The fraction of sp³-hybridized carbons (Fsp3) is 0.667. The first-order chi connectivity index (χ1) is 3.55. The van der Waals surface area contributed by atoms with Crippen molar-refractivity contribution in [3.8, 4) is 0 Å². The number of hydrogen-bond acceptors (Lipinski definition) is 0. The summed E-state index contributed by atoms with van der Waals surface area (Å²) in [7, 11) is 0.857. The lowest BCUT2D eigenvalue weighted by Crippen LogP contribution is -2.04. The number of rotatable bonds is 1. The topological polar surface area (TPSA) is 0 Å². The van der Waals surface area contributed by atoms with Crippen molar-refractivity contribution in [2.75, 3.05) is 0 Å². The molecule has 0 spiro atoms. The first-order valence-corrected chi connectivity index (χ1v) is 7.08. The van der Waals surface area contributed by atoms with Crippen LogP contribution in [0.25, 0.3) is 0 Å². The Labute approximate surface area is 57.0 Å². The van der Waals surface area contributed by atoms with Crippen molar-refractivity contribution in [3.05, 3.63) is 10.4 Å². The summed E-state index contributed by atoms with van der Waals surface area (Å²) in [6.45, 7) is 9.32. The van der Waals surface area contributed by atoms with E-state index in [0.29, 0.717) is 0 Å². The van der Waals surface area contributed by atoms with Gasteiger partial charge in [0.25, 0.3) is 0 Å². The SMILES string of the molecule is CC([SiH3])=C(C)[SiH](C)C. The second-order valence-electron chi connectivity index (χ2n) is 2.84. The average molecular weight is 144 g/mol. The van der Waals surface area contributed by atoms with Gasteiger partial charge in [0.1, 0.15) is 0 Å². The van der Waals surface area contributed by atoms with Crippen LogP contribution in [0.3, 0.4) is 0 Å². The van der Waals surface area contributed by atoms with Gasteiger partial charge >= 0.3 is 0 Å². The molecule has 0 aliphatic rings. The molecule has 0 aromatic rings. The van der Waals surface area contributed by atoms with E-state index in [0.717, 1.165) is 0 Å². The Kier molecular flexibility index (Phi) is 3.32. The molecule has 0 nitrogen and oxygen atoms in total. The predicted octanol–water partition coefficient (Wildman–Crippen LogP) is 0.672. The van der Waals surface area contributed by atoms with Gasteiger partial charge in [-0.05, 0) is 13.8 Å². The van der Waals surface area contributed by atoms with Crippen LogP contribution in [-0.2, 0) is 0 Å². The summed E-state index contributed by atoms with van der Waals surface area (Å²) in [6, 6.07) is 0. The normalized spacial score (nSPS) is 14.6. The molecule has 0 aromatic heterocycles. The summed E-state index contributed by atoms with van der Waals surface area (Å²) >= 11 is 0. The van der Waals surface area contributed by atoms with Crippen LogP contribution in [0.4, 0.5) is 0 Å². The van der Waals surface area contributed by atoms with Crippen molar-refractivity contribution in [3.63, 3.8) is 0 Å². The van der Waals surface area contributed by atoms with E-state index in [2.05, 4.69) is 26.9 Å². The third-order valence-corrected chi connectivity index (χ3v) is 5.33. The molecule has 0 bridgehead atoms. The van der Waals surface area contributed by atoms with Gasteiger partial charge in [-0.2, -0.15) is 0 Å². The third-order valence-electron chi connectivity index (χ3n) is 1.65. The highest BCUT2D eigenvalue weighted by Crippen LogP contribution is 2.02. The van der Waals surface area contributed by atoms with Crippen LogP contribution in [0.5, 0.6) is 0 Å². The second kappa shape index (κ2) is 3.25. The molecule has 0 fully saturated rings. The highest BCUT2D eigenvalue weighted by molar-refractivity contribution is 6.65. The molecule has 2 heteroatoms. The quantitative estimate of drug-likeness (QED) is 0.475. The van der Waals surface area contributed by atoms with Gasteiger partial charge in [0.05, 0.1) is 8.80 Å². The van der Waals surface area contributed by atoms with Gasteiger partial charge in [-0.1, -0.05) is 23.5 Å². The molecule has 0 radical (unpaired) electrons. The molecule has 0 heterocycles. The molecule has 0 amide bonds. The summed E-state index contributed by atoms with van der Waals surface area (Å²) in [5.74, 6) is 0. The maximum absolute atomic E-state index is 2.39. The Hall–Kier alpha value is 0.174. The van der Waals surface area contributed by atoms with Gasteiger partial charge in [-0.15, -0.1) is 0 Å². The van der Waals surface area contributed by atoms with E-state index in [-0.39, 0.29) is 0 Å². The van der Waals surface area contributed by atoms with Crippen LogP contribution in [0.1, 0.15) is 13.8 Å². The van der Waals surface area contributed by atoms with Crippen LogP contribution >= 0.6 is 0 Å². The Morgan fingerprint density at radius 2 is 1.62 bits per heavy atom. The zero-order chi connectivity index (χ0) is 6.73. The van der Waals surface area contributed by atoms with Crippen LogP contribution in [0.2, 0.25) is 13.1 Å². The molecule has 0 saturated heterocycles. The molecule has 0 aromatic carbocycles. The maximum atomic E-state index is 2.39. The zero-order valence-corrected chi connectivity index (χ0v) is 9.73.